The largest absolute Gasteiger partial charge is 0.497 e. The molecule has 4 aromatic carbocycles. The van der Waals surface area contributed by atoms with Gasteiger partial charge in [0.05, 0.1) is 49.1 Å². The van der Waals surface area contributed by atoms with Crippen LogP contribution in [-0.2, 0) is 32.6 Å². The number of hydrogen-bond acceptors (Lipinski definition) is 8. The van der Waals surface area contributed by atoms with Gasteiger partial charge in [-0.3, -0.25) is 13.9 Å². The van der Waals surface area contributed by atoms with Crippen molar-refractivity contribution in [2.75, 3.05) is 39.3 Å². The molecule has 278 valence electrons. The van der Waals surface area contributed by atoms with Crippen LogP contribution in [0.3, 0.4) is 0 Å². The summed E-state index contributed by atoms with van der Waals surface area (Å²) in [6, 6.07) is 21.8. The van der Waals surface area contributed by atoms with Gasteiger partial charge in [0.25, 0.3) is 10.0 Å². The Hall–Kier alpha value is -4.65. The number of carbonyl (C=O) groups excluding carboxylic acids is 2. The lowest BCUT2D eigenvalue weighted by molar-refractivity contribution is -0.140. The summed E-state index contributed by atoms with van der Waals surface area (Å²) in [5, 5.41) is 3.57. The van der Waals surface area contributed by atoms with E-state index in [9.17, 15) is 18.0 Å². The Morgan fingerprint density at radius 2 is 1.40 bits per heavy atom. The van der Waals surface area contributed by atoms with E-state index in [4.69, 9.17) is 42.1 Å². The highest BCUT2D eigenvalue weighted by atomic mass is 35.5. The Bertz CT molecular complexity index is 1990. The lowest BCUT2D eigenvalue weighted by atomic mass is 10.0. The minimum Gasteiger partial charge on any atom is -0.497 e. The summed E-state index contributed by atoms with van der Waals surface area (Å²) in [7, 11) is 1.10. The number of benzene rings is 4. The first-order chi connectivity index (χ1) is 24.6. The second-order valence-electron chi connectivity index (χ2n) is 12.8. The normalized spacial score (nSPS) is 12.0. The predicted molar refractivity (Wildman–Crippen MR) is 202 cm³/mol. The Morgan fingerprint density at radius 3 is 2.00 bits per heavy atom. The van der Waals surface area contributed by atoms with Crippen LogP contribution in [-0.4, -0.2) is 71.7 Å². The van der Waals surface area contributed by atoms with Crippen LogP contribution in [0.25, 0.3) is 0 Å². The van der Waals surface area contributed by atoms with Crippen molar-refractivity contribution in [3.63, 3.8) is 0 Å². The van der Waals surface area contributed by atoms with E-state index in [1.54, 1.807) is 24.3 Å². The molecule has 0 spiro atoms. The highest BCUT2D eigenvalue weighted by molar-refractivity contribution is 7.92. The zero-order valence-corrected chi connectivity index (χ0v) is 32.4. The van der Waals surface area contributed by atoms with Crippen molar-refractivity contribution in [1.29, 1.82) is 0 Å². The lowest BCUT2D eigenvalue weighted by Crippen LogP contribution is -2.56. The topological polar surface area (TPSA) is 124 Å². The minimum atomic E-state index is -4.54. The van der Waals surface area contributed by atoms with Crippen molar-refractivity contribution in [1.82, 2.24) is 10.2 Å². The fraction of sp³-hybridized carbons (Fsp3) is 0.316. The van der Waals surface area contributed by atoms with Gasteiger partial charge < -0.3 is 29.2 Å². The highest BCUT2D eigenvalue weighted by Gasteiger charge is 2.37. The number of rotatable bonds is 15. The predicted octanol–water partition coefficient (Wildman–Crippen LogP) is 6.78. The highest BCUT2D eigenvalue weighted by Crippen LogP contribution is 2.38. The van der Waals surface area contributed by atoms with E-state index in [1.165, 1.54) is 63.7 Å². The van der Waals surface area contributed by atoms with Gasteiger partial charge in [0.15, 0.2) is 11.5 Å². The molecule has 4 rings (SSSR count). The molecule has 0 aliphatic heterocycles. The average molecular weight is 773 g/mol. The molecule has 14 heteroatoms. The van der Waals surface area contributed by atoms with E-state index in [2.05, 4.69) is 5.32 Å². The molecule has 2 amide bonds. The minimum absolute atomic E-state index is 0.0261. The number of carbonyl (C=O) groups is 2. The first kappa shape index (κ1) is 40.1. The van der Waals surface area contributed by atoms with Crippen LogP contribution >= 0.6 is 23.2 Å². The van der Waals surface area contributed by atoms with E-state index < -0.39 is 40.0 Å². The molecule has 0 saturated carbocycles. The second kappa shape index (κ2) is 17.2. The van der Waals surface area contributed by atoms with Gasteiger partial charge in [-0.15, -0.1) is 0 Å². The lowest BCUT2D eigenvalue weighted by Gasteiger charge is -2.35. The number of halogens is 2. The van der Waals surface area contributed by atoms with Crippen LogP contribution in [0.4, 0.5) is 5.69 Å². The molecule has 0 heterocycles. The number of anilines is 1. The van der Waals surface area contributed by atoms with Crippen molar-refractivity contribution < 1.29 is 37.0 Å². The van der Waals surface area contributed by atoms with Crippen LogP contribution in [0, 0.1) is 0 Å². The van der Waals surface area contributed by atoms with E-state index >= 15 is 0 Å². The first-order valence-corrected chi connectivity index (χ1v) is 18.4. The van der Waals surface area contributed by atoms with Gasteiger partial charge in [-0.1, -0.05) is 59.6 Å². The smallest absolute Gasteiger partial charge is 0.265 e. The monoisotopic (exact) mass is 771 g/mol. The first-order valence-electron chi connectivity index (χ1n) is 16.2. The van der Waals surface area contributed by atoms with Gasteiger partial charge in [-0.25, -0.2) is 8.42 Å². The standard InChI is InChI=1S/C38H43Cl2N3O8S/c1-38(2,3)41-37(45)32(20-25-11-9-8-10-12-25)42(23-26-13-16-29(39)30(40)19-26)36(44)24-43(31-21-27(48-4)14-17-33(31)49-5)52(46,47)28-15-18-34(50-6)35(22-28)51-7/h8-19,21-22,32H,20,23-24H2,1-7H3,(H,41,45)/t32-/m1/s1. The number of hydrogen-bond donors (Lipinski definition) is 1. The third-order valence-electron chi connectivity index (χ3n) is 7.98. The number of nitrogens with zero attached hydrogens (tertiary/aromatic N) is 2. The summed E-state index contributed by atoms with van der Waals surface area (Å²) in [5.74, 6) is -0.183. The zero-order valence-electron chi connectivity index (χ0n) is 30.1. The Kier molecular flexibility index (Phi) is 13.3. The molecule has 0 saturated heterocycles. The van der Waals surface area contributed by atoms with E-state index in [1.807, 2.05) is 51.1 Å². The van der Waals surface area contributed by atoms with Crippen molar-refractivity contribution in [3.8, 4) is 23.0 Å². The number of methoxy groups -OCH3 is 4. The summed E-state index contributed by atoms with van der Waals surface area (Å²) < 4.78 is 52.1. The molecular formula is C38H43Cl2N3O8S. The molecule has 1 N–H and O–H groups in total. The van der Waals surface area contributed by atoms with Gasteiger partial charge in [0.1, 0.15) is 24.1 Å². The van der Waals surface area contributed by atoms with Crippen molar-refractivity contribution in [2.24, 2.45) is 0 Å². The average Bonchev–Trinajstić information content (AvgIpc) is 3.12. The summed E-state index contributed by atoms with van der Waals surface area (Å²) >= 11 is 12.6. The van der Waals surface area contributed by atoms with Crippen LogP contribution < -0.4 is 28.6 Å². The molecule has 1 atom stereocenters. The number of sulfonamides is 1. The quantitative estimate of drug-likeness (QED) is 0.140. The van der Waals surface area contributed by atoms with Crippen LogP contribution in [0.5, 0.6) is 23.0 Å². The molecular weight excluding hydrogens is 729 g/mol. The summed E-state index contributed by atoms with van der Waals surface area (Å²) in [6.45, 7) is 4.66. The Morgan fingerprint density at radius 1 is 0.750 bits per heavy atom. The molecule has 0 radical (unpaired) electrons. The molecule has 0 bridgehead atoms. The van der Waals surface area contributed by atoms with E-state index in [0.29, 0.717) is 22.1 Å². The third-order valence-corrected chi connectivity index (χ3v) is 10.5. The van der Waals surface area contributed by atoms with Crippen molar-refractivity contribution in [2.45, 2.75) is 50.2 Å². The number of ether oxygens (including phenoxy) is 4. The summed E-state index contributed by atoms with van der Waals surface area (Å²) in [6.07, 6.45) is 0.126. The van der Waals surface area contributed by atoms with Gasteiger partial charge in [0.2, 0.25) is 11.8 Å². The molecule has 0 aromatic heterocycles. The molecule has 11 nitrogen and oxygen atoms in total. The maximum atomic E-state index is 14.9. The van der Waals surface area contributed by atoms with Gasteiger partial charge in [-0.05, 0) is 68.3 Å². The van der Waals surface area contributed by atoms with Crippen LogP contribution in [0.1, 0.15) is 31.9 Å². The number of amides is 2. The van der Waals surface area contributed by atoms with Gasteiger partial charge >= 0.3 is 0 Å². The molecule has 52 heavy (non-hydrogen) atoms. The van der Waals surface area contributed by atoms with Crippen LogP contribution in [0.15, 0.2) is 89.8 Å². The molecule has 0 aliphatic rings. The van der Waals surface area contributed by atoms with Gasteiger partial charge in [0, 0.05) is 30.6 Å². The molecule has 0 unspecified atom stereocenters. The number of nitrogens with one attached hydrogen (secondary N) is 1. The second-order valence-corrected chi connectivity index (χ2v) is 15.5. The van der Waals surface area contributed by atoms with Gasteiger partial charge in [-0.2, -0.15) is 0 Å². The zero-order chi connectivity index (χ0) is 38.2. The third kappa shape index (κ3) is 9.81. The molecule has 4 aromatic rings. The Labute approximate surface area is 315 Å². The van der Waals surface area contributed by atoms with Crippen molar-refractivity contribution in [3.05, 3.63) is 106 Å². The SMILES string of the molecule is COc1ccc(OC)c(N(CC(=O)N(Cc2ccc(Cl)c(Cl)c2)[C@H](Cc2ccccc2)C(=O)NC(C)(C)C)S(=O)(=O)c2ccc(OC)c(OC)c2)c1. The van der Waals surface area contributed by atoms with E-state index in [0.717, 1.165) is 9.87 Å². The van der Waals surface area contributed by atoms with E-state index in [-0.39, 0.29) is 40.1 Å². The van der Waals surface area contributed by atoms with Crippen LogP contribution in [0.2, 0.25) is 10.0 Å². The summed E-state index contributed by atoms with van der Waals surface area (Å²) in [4.78, 5) is 30.2. The summed E-state index contributed by atoms with van der Waals surface area (Å²) in [5.41, 5.74) is 0.727. The van der Waals surface area contributed by atoms with Crippen molar-refractivity contribution >= 4 is 50.7 Å². The maximum absolute atomic E-state index is 14.9. The molecule has 0 fully saturated rings. The maximum Gasteiger partial charge on any atom is 0.265 e. The Balaban J connectivity index is 1.92. The molecule has 0 aliphatic carbocycles. The fourth-order valence-corrected chi connectivity index (χ4v) is 7.20. The fourth-order valence-electron chi connectivity index (χ4n) is 5.45.